The molecule has 164 valence electrons. The van der Waals surface area contributed by atoms with Crippen LogP contribution in [-0.4, -0.2) is 43.8 Å². The summed E-state index contributed by atoms with van der Waals surface area (Å²) >= 11 is 0. The maximum absolute atomic E-state index is 13.6. The van der Waals surface area contributed by atoms with Crippen LogP contribution in [-0.2, 0) is 14.6 Å². The Bertz CT molecular complexity index is 598. The first-order valence-corrected chi connectivity index (χ1v) is 13.5. The van der Waals surface area contributed by atoms with Crippen molar-refractivity contribution >= 4 is 9.84 Å². The van der Waals surface area contributed by atoms with E-state index in [2.05, 4.69) is 13.8 Å². The number of hydrogen-bond donors (Lipinski definition) is 1. The van der Waals surface area contributed by atoms with Gasteiger partial charge in [-0.15, -0.1) is 0 Å². The molecule has 0 amide bonds. The number of unbranched alkanes of at least 4 members (excludes halogenated alkanes) is 1. The summed E-state index contributed by atoms with van der Waals surface area (Å²) in [6, 6.07) is 0. The predicted molar refractivity (Wildman–Crippen MR) is 114 cm³/mol. The molecule has 1 heterocycles. The first-order valence-electron chi connectivity index (χ1n) is 11.8. The second kappa shape index (κ2) is 9.34. The zero-order chi connectivity index (χ0) is 20.4. The second-order valence-corrected chi connectivity index (χ2v) is 12.1. The van der Waals surface area contributed by atoms with E-state index in [1.807, 2.05) is 0 Å². The molecule has 1 N–H and O–H groups in total. The van der Waals surface area contributed by atoms with E-state index in [-0.39, 0.29) is 28.9 Å². The summed E-state index contributed by atoms with van der Waals surface area (Å²) in [5.74, 6) is 0.885. The molecular formula is C23H42O4S. The standard InChI is InChI=1S/C23H42O4S/c1-4-6-14-23(5-2)16-28(25,26)20-15-18(27-3)12-13-19(20)21(22(23)24)17-10-8-7-9-11-17/h17-22,24H,4-16H2,1-3H3/t18?,19?,20?,21-,22-,23?/m1/s1. The van der Waals surface area contributed by atoms with E-state index in [1.54, 1.807) is 7.11 Å². The molecule has 28 heavy (non-hydrogen) atoms. The number of hydrogen-bond acceptors (Lipinski definition) is 4. The lowest BCUT2D eigenvalue weighted by Gasteiger charge is -2.46. The first-order chi connectivity index (χ1) is 13.4. The van der Waals surface area contributed by atoms with Gasteiger partial charge < -0.3 is 9.84 Å². The molecule has 0 spiro atoms. The number of aliphatic hydroxyl groups is 1. The number of sulfone groups is 1. The molecule has 4 nitrogen and oxygen atoms in total. The fraction of sp³-hybridized carbons (Fsp3) is 1.00. The number of rotatable bonds is 6. The van der Waals surface area contributed by atoms with Gasteiger partial charge in [-0.25, -0.2) is 8.42 Å². The van der Waals surface area contributed by atoms with Crippen LogP contribution in [0.15, 0.2) is 0 Å². The average Bonchev–Trinajstić information content (AvgIpc) is 2.78. The summed E-state index contributed by atoms with van der Waals surface area (Å²) in [5.41, 5.74) is -0.475. The SMILES string of the molecule is CCCCC1(CC)CS(=O)(=O)C2CC(OC)CCC2[C@@H](C2CCCCC2)[C@H]1O. The molecule has 2 aliphatic carbocycles. The maximum Gasteiger partial charge on any atom is 0.154 e. The van der Waals surface area contributed by atoms with E-state index in [9.17, 15) is 13.5 Å². The number of fused-ring (bicyclic) bond motifs is 1. The van der Waals surface area contributed by atoms with Crippen molar-refractivity contribution in [2.75, 3.05) is 12.9 Å². The fourth-order valence-corrected chi connectivity index (χ4v) is 9.67. The van der Waals surface area contributed by atoms with Gasteiger partial charge in [0, 0.05) is 12.5 Å². The summed E-state index contributed by atoms with van der Waals surface area (Å²) in [5, 5.41) is 11.5. The summed E-state index contributed by atoms with van der Waals surface area (Å²) in [6.45, 7) is 4.25. The van der Waals surface area contributed by atoms with Gasteiger partial charge in [0.25, 0.3) is 0 Å². The maximum atomic E-state index is 13.6. The van der Waals surface area contributed by atoms with Gasteiger partial charge in [-0.3, -0.25) is 0 Å². The van der Waals surface area contributed by atoms with Crippen molar-refractivity contribution in [3.05, 3.63) is 0 Å². The van der Waals surface area contributed by atoms with E-state index in [0.717, 1.165) is 51.4 Å². The minimum absolute atomic E-state index is 0.0462. The molecule has 1 aliphatic heterocycles. The van der Waals surface area contributed by atoms with Crippen LogP contribution in [0, 0.1) is 23.2 Å². The van der Waals surface area contributed by atoms with Gasteiger partial charge in [0.15, 0.2) is 9.84 Å². The van der Waals surface area contributed by atoms with Crippen LogP contribution < -0.4 is 0 Å². The van der Waals surface area contributed by atoms with Crippen molar-refractivity contribution in [2.45, 2.75) is 108 Å². The Morgan fingerprint density at radius 3 is 2.39 bits per heavy atom. The molecule has 3 aliphatic rings. The van der Waals surface area contributed by atoms with E-state index >= 15 is 0 Å². The zero-order valence-electron chi connectivity index (χ0n) is 18.2. The largest absolute Gasteiger partial charge is 0.392 e. The molecule has 5 heteroatoms. The molecule has 2 saturated carbocycles. The highest BCUT2D eigenvalue weighted by Gasteiger charge is 2.56. The van der Waals surface area contributed by atoms with Crippen molar-refractivity contribution in [3.63, 3.8) is 0 Å². The monoisotopic (exact) mass is 414 g/mol. The lowest BCUT2D eigenvalue weighted by atomic mass is 9.61. The smallest absolute Gasteiger partial charge is 0.154 e. The molecule has 0 bridgehead atoms. The van der Waals surface area contributed by atoms with Crippen molar-refractivity contribution in [3.8, 4) is 0 Å². The highest BCUT2D eigenvalue weighted by Crippen LogP contribution is 2.53. The van der Waals surface area contributed by atoms with Crippen molar-refractivity contribution in [1.29, 1.82) is 0 Å². The van der Waals surface area contributed by atoms with Crippen LogP contribution in [0.1, 0.15) is 90.9 Å². The normalized spacial score (nSPS) is 41.9. The topological polar surface area (TPSA) is 63.6 Å². The molecule has 3 fully saturated rings. The third-order valence-corrected chi connectivity index (χ3v) is 10.9. The summed E-state index contributed by atoms with van der Waals surface area (Å²) in [6.07, 6.45) is 11.7. The minimum atomic E-state index is -3.26. The van der Waals surface area contributed by atoms with Gasteiger partial charge in [-0.05, 0) is 49.9 Å². The fourth-order valence-electron chi connectivity index (χ4n) is 6.78. The lowest BCUT2D eigenvalue weighted by molar-refractivity contribution is -0.0703. The zero-order valence-corrected chi connectivity index (χ0v) is 19.1. The quantitative estimate of drug-likeness (QED) is 0.682. The van der Waals surface area contributed by atoms with Gasteiger partial charge in [-0.1, -0.05) is 58.8 Å². The van der Waals surface area contributed by atoms with Crippen LogP contribution in [0.5, 0.6) is 0 Å². The Balaban J connectivity index is 2.03. The molecule has 4 unspecified atom stereocenters. The molecule has 0 aromatic carbocycles. The van der Waals surface area contributed by atoms with Gasteiger partial charge in [-0.2, -0.15) is 0 Å². The van der Waals surface area contributed by atoms with E-state index in [4.69, 9.17) is 4.74 Å². The average molecular weight is 415 g/mol. The molecule has 0 aromatic rings. The van der Waals surface area contributed by atoms with Gasteiger partial charge in [0.1, 0.15) is 0 Å². The summed E-state index contributed by atoms with van der Waals surface area (Å²) in [7, 11) is -1.55. The molecule has 0 aromatic heterocycles. The van der Waals surface area contributed by atoms with Gasteiger partial charge in [0.05, 0.1) is 23.2 Å². The van der Waals surface area contributed by atoms with Crippen LogP contribution in [0.3, 0.4) is 0 Å². The van der Waals surface area contributed by atoms with Crippen molar-refractivity contribution in [1.82, 2.24) is 0 Å². The predicted octanol–water partition coefficient (Wildman–Crippen LogP) is 4.74. The van der Waals surface area contributed by atoms with Crippen molar-refractivity contribution in [2.24, 2.45) is 23.2 Å². The van der Waals surface area contributed by atoms with Crippen LogP contribution in [0.4, 0.5) is 0 Å². The molecule has 6 atom stereocenters. The molecular weight excluding hydrogens is 372 g/mol. The minimum Gasteiger partial charge on any atom is -0.392 e. The van der Waals surface area contributed by atoms with Crippen molar-refractivity contribution < 1.29 is 18.3 Å². The molecule has 3 rings (SSSR count). The van der Waals surface area contributed by atoms with E-state index in [0.29, 0.717) is 12.3 Å². The second-order valence-electron chi connectivity index (χ2n) is 9.92. The lowest BCUT2D eigenvalue weighted by Crippen LogP contribution is -2.48. The number of methoxy groups -OCH3 is 1. The third kappa shape index (κ3) is 4.32. The Hall–Kier alpha value is -0.130. The Labute approximate surface area is 172 Å². The summed E-state index contributed by atoms with van der Waals surface area (Å²) in [4.78, 5) is 0. The van der Waals surface area contributed by atoms with Gasteiger partial charge in [0.2, 0.25) is 0 Å². The van der Waals surface area contributed by atoms with Gasteiger partial charge >= 0.3 is 0 Å². The van der Waals surface area contributed by atoms with E-state index < -0.39 is 21.4 Å². The van der Waals surface area contributed by atoms with Crippen LogP contribution >= 0.6 is 0 Å². The first kappa shape index (κ1) is 22.6. The summed E-state index contributed by atoms with van der Waals surface area (Å²) < 4.78 is 32.9. The Morgan fingerprint density at radius 1 is 1.07 bits per heavy atom. The molecule has 1 saturated heterocycles. The van der Waals surface area contributed by atoms with E-state index in [1.165, 1.54) is 19.3 Å². The van der Waals surface area contributed by atoms with Crippen LogP contribution in [0.2, 0.25) is 0 Å². The third-order valence-electron chi connectivity index (χ3n) is 8.49. The Morgan fingerprint density at radius 2 is 1.79 bits per heavy atom. The highest BCUT2D eigenvalue weighted by atomic mass is 32.2. The number of ether oxygens (including phenoxy) is 1. The van der Waals surface area contributed by atoms with Crippen LogP contribution in [0.25, 0.3) is 0 Å². The number of aliphatic hydroxyl groups excluding tert-OH is 1. The Kier molecular flexibility index (Phi) is 7.53. The molecule has 0 radical (unpaired) electrons. The highest BCUT2D eigenvalue weighted by molar-refractivity contribution is 7.92.